The summed E-state index contributed by atoms with van der Waals surface area (Å²) in [5.74, 6) is 0.710. The molecular formula is C15H22ClN. The number of likely N-dealkylation sites (tertiary alicyclic amines) is 1. The average molecular weight is 252 g/mol. The number of nitrogens with zero attached hydrogens (tertiary/aromatic N) is 1. The topological polar surface area (TPSA) is 3.24 Å². The molecule has 0 aliphatic carbocycles. The third-order valence-electron chi connectivity index (χ3n) is 3.88. The molecule has 1 aliphatic rings. The van der Waals surface area contributed by atoms with Crippen LogP contribution in [0, 0.1) is 6.92 Å². The van der Waals surface area contributed by atoms with E-state index in [4.69, 9.17) is 11.6 Å². The molecule has 17 heavy (non-hydrogen) atoms. The van der Waals surface area contributed by atoms with Crippen molar-refractivity contribution in [1.82, 2.24) is 4.90 Å². The normalized spacial score (nSPS) is 18.5. The fourth-order valence-electron chi connectivity index (χ4n) is 2.85. The van der Waals surface area contributed by atoms with E-state index in [1.165, 1.54) is 50.0 Å². The smallest absolute Gasteiger partial charge is 0.0438 e. The highest BCUT2D eigenvalue weighted by Crippen LogP contribution is 2.32. The molecule has 0 aromatic heterocycles. The van der Waals surface area contributed by atoms with Crippen LogP contribution in [0.15, 0.2) is 18.2 Å². The first-order valence-corrected chi connectivity index (χ1v) is 7.07. The summed E-state index contributed by atoms with van der Waals surface area (Å²) in [6, 6.07) is 6.33. The molecule has 0 saturated carbocycles. The third-order valence-corrected chi connectivity index (χ3v) is 4.29. The van der Waals surface area contributed by atoms with Gasteiger partial charge in [-0.15, -0.1) is 0 Å². The van der Waals surface area contributed by atoms with Gasteiger partial charge in [-0.25, -0.2) is 0 Å². The number of hydrogen-bond donors (Lipinski definition) is 0. The average Bonchev–Trinajstić information content (AvgIpc) is 2.34. The van der Waals surface area contributed by atoms with Crippen molar-refractivity contribution in [3.8, 4) is 0 Å². The van der Waals surface area contributed by atoms with Crippen molar-refractivity contribution in [1.29, 1.82) is 0 Å². The second-order valence-corrected chi connectivity index (χ2v) is 5.48. The van der Waals surface area contributed by atoms with Gasteiger partial charge in [0.1, 0.15) is 0 Å². The van der Waals surface area contributed by atoms with E-state index >= 15 is 0 Å². The molecule has 1 aliphatic heterocycles. The van der Waals surface area contributed by atoms with E-state index in [0.717, 1.165) is 5.02 Å². The van der Waals surface area contributed by atoms with Gasteiger partial charge in [0.2, 0.25) is 0 Å². The SMILES string of the molecule is CCCN1CCC(c2cccc(Cl)c2C)CC1. The predicted octanol–water partition coefficient (Wildman–Crippen LogP) is 4.24. The molecule has 1 nitrogen and oxygen atoms in total. The van der Waals surface area contributed by atoms with Crippen LogP contribution in [0.4, 0.5) is 0 Å². The molecule has 1 saturated heterocycles. The lowest BCUT2D eigenvalue weighted by atomic mass is 9.87. The van der Waals surface area contributed by atoms with E-state index in [2.05, 4.69) is 30.9 Å². The van der Waals surface area contributed by atoms with Crippen LogP contribution in [0.2, 0.25) is 5.02 Å². The predicted molar refractivity (Wildman–Crippen MR) is 74.9 cm³/mol. The minimum atomic E-state index is 0.710. The fourth-order valence-corrected chi connectivity index (χ4v) is 3.03. The molecule has 0 unspecified atom stereocenters. The lowest BCUT2D eigenvalue weighted by molar-refractivity contribution is 0.212. The summed E-state index contributed by atoms with van der Waals surface area (Å²) in [6.07, 6.45) is 3.82. The van der Waals surface area contributed by atoms with Crippen LogP contribution in [0.25, 0.3) is 0 Å². The van der Waals surface area contributed by atoms with E-state index in [1.54, 1.807) is 0 Å². The molecule has 0 atom stereocenters. The molecule has 1 aromatic rings. The molecule has 0 N–H and O–H groups in total. The Morgan fingerprint density at radius 2 is 2.00 bits per heavy atom. The lowest BCUT2D eigenvalue weighted by Gasteiger charge is -2.32. The van der Waals surface area contributed by atoms with E-state index in [1.807, 2.05) is 6.07 Å². The molecule has 2 rings (SSSR count). The Morgan fingerprint density at radius 3 is 2.65 bits per heavy atom. The van der Waals surface area contributed by atoms with Gasteiger partial charge in [-0.05, 0) is 68.9 Å². The van der Waals surface area contributed by atoms with Gasteiger partial charge in [-0.2, -0.15) is 0 Å². The second-order valence-electron chi connectivity index (χ2n) is 5.07. The molecule has 0 radical (unpaired) electrons. The van der Waals surface area contributed by atoms with Crippen LogP contribution in [0.3, 0.4) is 0 Å². The summed E-state index contributed by atoms with van der Waals surface area (Å²) in [5, 5.41) is 0.915. The van der Waals surface area contributed by atoms with Crippen molar-refractivity contribution in [2.24, 2.45) is 0 Å². The van der Waals surface area contributed by atoms with Gasteiger partial charge in [-0.1, -0.05) is 30.7 Å². The summed E-state index contributed by atoms with van der Waals surface area (Å²) in [4.78, 5) is 2.58. The standard InChI is InChI=1S/C15H22ClN/c1-3-9-17-10-7-13(8-11-17)14-5-4-6-15(16)12(14)2/h4-6,13H,3,7-11H2,1-2H3. The van der Waals surface area contributed by atoms with Crippen LogP contribution in [-0.4, -0.2) is 24.5 Å². The number of halogens is 1. The van der Waals surface area contributed by atoms with Crippen molar-refractivity contribution in [2.75, 3.05) is 19.6 Å². The minimum Gasteiger partial charge on any atom is -0.303 e. The Kier molecular flexibility index (Phi) is 4.47. The molecule has 94 valence electrons. The highest BCUT2D eigenvalue weighted by Gasteiger charge is 2.21. The molecule has 1 aromatic carbocycles. The van der Waals surface area contributed by atoms with Crippen LogP contribution in [-0.2, 0) is 0 Å². The van der Waals surface area contributed by atoms with Crippen molar-refractivity contribution in [3.05, 3.63) is 34.3 Å². The molecule has 1 heterocycles. The maximum atomic E-state index is 6.20. The molecular weight excluding hydrogens is 230 g/mol. The van der Waals surface area contributed by atoms with Crippen molar-refractivity contribution in [3.63, 3.8) is 0 Å². The molecule has 2 heteroatoms. The number of benzene rings is 1. The first kappa shape index (κ1) is 12.9. The summed E-state index contributed by atoms with van der Waals surface area (Å²) in [6.45, 7) is 8.14. The zero-order valence-electron chi connectivity index (χ0n) is 10.9. The van der Waals surface area contributed by atoms with E-state index in [-0.39, 0.29) is 0 Å². The maximum Gasteiger partial charge on any atom is 0.0438 e. The van der Waals surface area contributed by atoms with Crippen molar-refractivity contribution in [2.45, 2.75) is 39.0 Å². The highest BCUT2D eigenvalue weighted by molar-refractivity contribution is 6.31. The van der Waals surface area contributed by atoms with Gasteiger partial charge in [0.25, 0.3) is 0 Å². The highest BCUT2D eigenvalue weighted by atomic mass is 35.5. The van der Waals surface area contributed by atoms with Gasteiger partial charge < -0.3 is 4.90 Å². The van der Waals surface area contributed by atoms with Gasteiger partial charge in [0.15, 0.2) is 0 Å². The largest absolute Gasteiger partial charge is 0.303 e. The van der Waals surface area contributed by atoms with E-state index < -0.39 is 0 Å². The van der Waals surface area contributed by atoms with Crippen LogP contribution in [0.1, 0.15) is 43.2 Å². The quantitative estimate of drug-likeness (QED) is 0.777. The van der Waals surface area contributed by atoms with Crippen LogP contribution < -0.4 is 0 Å². The Labute approximate surface area is 110 Å². The number of rotatable bonds is 3. The maximum absolute atomic E-state index is 6.20. The Hall–Kier alpha value is -0.530. The summed E-state index contributed by atoms with van der Waals surface area (Å²) < 4.78 is 0. The minimum absolute atomic E-state index is 0.710. The van der Waals surface area contributed by atoms with Gasteiger partial charge >= 0.3 is 0 Å². The molecule has 0 spiro atoms. The summed E-state index contributed by atoms with van der Waals surface area (Å²) in [7, 11) is 0. The van der Waals surface area contributed by atoms with E-state index in [9.17, 15) is 0 Å². The van der Waals surface area contributed by atoms with Gasteiger partial charge in [-0.3, -0.25) is 0 Å². The van der Waals surface area contributed by atoms with Crippen molar-refractivity contribution < 1.29 is 0 Å². The second kappa shape index (κ2) is 5.88. The summed E-state index contributed by atoms with van der Waals surface area (Å²) in [5.41, 5.74) is 2.75. The molecule has 1 fully saturated rings. The monoisotopic (exact) mass is 251 g/mol. The van der Waals surface area contributed by atoms with Crippen LogP contribution in [0.5, 0.6) is 0 Å². The van der Waals surface area contributed by atoms with Crippen molar-refractivity contribution >= 4 is 11.6 Å². The fraction of sp³-hybridized carbons (Fsp3) is 0.600. The number of piperidine rings is 1. The van der Waals surface area contributed by atoms with Crippen LogP contribution >= 0.6 is 11.6 Å². The van der Waals surface area contributed by atoms with Gasteiger partial charge in [0.05, 0.1) is 0 Å². The molecule has 0 bridgehead atoms. The lowest BCUT2D eigenvalue weighted by Crippen LogP contribution is -2.33. The zero-order chi connectivity index (χ0) is 12.3. The van der Waals surface area contributed by atoms with E-state index in [0.29, 0.717) is 5.92 Å². The summed E-state index contributed by atoms with van der Waals surface area (Å²) >= 11 is 6.20. The Balaban J connectivity index is 2.03. The van der Waals surface area contributed by atoms with Gasteiger partial charge in [0, 0.05) is 5.02 Å². The zero-order valence-corrected chi connectivity index (χ0v) is 11.6. The number of hydrogen-bond acceptors (Lipinski definition) is 1. The molecule has 0 amide bonds. The Morgan fingerprint density at radius 1 is 1.29 bits per heavy atom. The first-order chi connectivity index (χ1) is 8.22. The first-order valence-electron chi connectivity index (χ1n) is 6.69. The third kappa shape index (κ3) is 3.02. The Bertz CT molecular complexity index is 367.